The maximum absolute atomic E-state index is 4.25. The highest BCUT2D eigenvalue weighted by molar-refractivity contribution is 8.01. The number of nitrogens with one attached hydrogen (secondary N) is 1. The lowest BCUT2D eigenvalue weighted by Crippen LogP contribution is -2.35. The molecule has 4 heteroatoms. The number of thiazole rings is 1. The summed E-state index contributed by atoms with van der Waals surface area (Å²) in [6.07, 6.45) is 5.94. The molecule has 0 aliphatic carbocycles. The summed E-state index contributed by atoms with van der Waals surface area (Å²) in [6.45, 7) is 1.20. The highest BCUT2D eigenvalue weighted by Crippen LogP contribution is 2.22. The van der Waals surface area contributed by atoms with E-state index in [1.54, 1.807) is 11.3 Å². The molecule has 0 bridgehead atoms. The van der Waals surface area contributed by atoms with Crippen molar-refractivity contribution >= 4 is 23.1 Å². The number of aromatic nitrogens is 1. The van der Waals surface area contributed by atoms with Gasteiger partial charge in [-0.2, -0.15) is 0 Å². The molecule has 1 aliphatic heterocycles. The van der Waals surface area contributed by atoms with E-state index in [0.717, 1.165) is 0 Å². The second-order valence-corrected chi connectivity index (χ2v) is 5.42. The number of thioether (sulfide) groups is 1. The third-order valence-corrected chi connectivity index (χ3v) is 4.36. The van der Waals surface area contributed by atoms with Gasteiger partial charge in [-0.3, -0.25) is 0 Å². The lowest BCUT2D eigenvalue weighted by atomic mass is 10.1. The summed E-state index contributed by atoms with van der Waals surface area (Å²) >= 11 is 3.61. The van der Waals surface area contributed by atoms with Gasteiger partial charge >= 0.3 is 0 Å². The predicted molar refractivity (Wildman–Crippen MR) is 58.5 cm³/mol. The Bertz CT molecular complexity index is 230. The average Bonchev–Trinajstić information content (AvgIpc) is 2.69. The molecule has 1 fully saturated rings. The second-order valence-electron chi connectivity index (χ2n) is 3.26. The molecular formula is C9H14N2S2. The minimum atomic E-state index is 0.711. The summed E-state index contributed by atoms with van der Waals surface area (Å²) in [4.78, 5) is 4.25. The highest BCUT2D eigenvalue weighted by atomic mass is 32.2. The van der Waals surface area contributed by atoms with Crippen LogP contribution in [-0.2, 0) is 0 Å². The van der Waals surface area contributed by atoms with E-state index in [4.69, 9.17) is 0 Å². The van der Waals surface area contributed by atoms with Crippen LogP contribution in [0.25, 0.3) is 0 Å². The van der Waals surface area contributed by atoms with E-state index in [-0.39, 0.29) is 0 Å². The van der Waals surface area contributed by atoms with Crippen molar-refractivity contribution in [2.45, 2.75) is 29.6 Å². The summed E-state index contributed by atoms with van der Waals surface area (Å²) in [5.41, 5.74) is 0. The molecule has 1 atom stereocenters. The minimum Gasteiger partial charge on any atom is -0.313 e. The number of nitrogens with zero attached hydrogens (tertiary/aromatic N) is 1. The van der Waals surface area contributed by atoms with Crippen molar-refractivity contribution in [3.8, 4) is 0 Å². The van der Waals surface area contributed by atoms with E-state index < -0.39 is 0 Å². The fourth-order valence-electron chi connectivity index (χ4n) is 1.52. The SMILES string of the molecule is c1csc(SC[C@H]2CCCCN2)n1. The zero-order valence-electron chi connectivity index (χ0n) is 7.53. The molecule has 0 saturated carbocycles. The first-order valence-electron chi connectivity index (χ1n) is 4.71. The van der Waals surface area contributed by atoms with Crippen molar-refractivity contribution in [3.63, 3.8) is 0 Å². The van der Waals surface area contributed by atoms with Crippen LogP contribution in [0.3, 0.4) is 0 Å². The van der Waals surface area contributed by atoms with E-state index in [1.165, 1.54) is 35.9 Å². The maximum atomic E-state index is 4.25. The van der Waals surface area contributed by atoms with E-state index in [1.807, 2.05) is 23.3 Å². The summed E-state index contributed by atoms with van der Waals surface area (Å²) < 4.78 is 1.20. The molecule has 72 valence electrons. The third-order valence-electron chi connectivity index (χ3n) is 2.23. The summed E-state index contributed by atoms with van der Waals surface area (Å²) in [7, 11) is 0. The van der Waals surface area contributed by atoms with Crippen LogP contribution >= 0.6 is 23.1 Å². The first-order chi connectivity index (χ1) is 6.45. The van der Waals surface area contributed by atoms with Crippen LogP contribution in [0.2, 0.25) is 0 Å². The van der Waals surface area contributed by atoms with Gasteiger partial charge in [-0.25, -0.2) is 4.98 Å². The Morgan fingerprint density at radius 1 is 1.62 bits per heavy atom. The standard InChI is InChI=1S/C9H14N2S2/c1-2-4-10-8(3-1)7-13-9-11-5-6-12-9/h5-6,8,10H,1-4,7H2/t8-/m1/s1. The van der Waals surface area contributed by atoms with E-state index in [9.17, 15) is 0 Å². The van der Waals surface area contributed by atoms with Gasteiger partial charge in [0.05, 0.1) is 0 Å². The topological polar surface area (TPSA) is 24.9 Å². The fraction of sp³-hybridized carbons (Fsp3) is 0.667. The van der Waals surface area contributed by atoms with Crippen molar-refractivity contribution in [2.24, 2.45) is 0 Å². The van der Waals surface area contributed by atoms with Gasteiger partial charge in [0.1, 0.15) is 4.34 Å². The van der Waals surface area contributed by atoms with E-state index in [0.29, 0.717) is 6.04 Å². The number of hydrogen-bond acceptors (Lipinski definition) is 4. The largest absolute Gasteiger partial charge is 0.313 e. The molecule has 0 amide bonds. The van der Waals surface area contributed by atoms with Gasteiger partial charge in [0.25, 0.3) is 0 Å². The van der Waals surface area contributed by atoms with Crippen LogP contribution in [0.4, 0.5) is 0 Å². The Labute approximate surface area is 87.1 Å². The minimum absolute atomic E-state index is 0.711. The Hall–Kier alpha value is -0.0600. The van der Waals surface area contributed by atoms with Crippen LogP contribution < -0.4 is 5.32 Å². The Kier molecular flexibility index (Phi) is 3.64. The normalized spacial score (nSPS) is 23.2. The molecule has 1 aliphatic rings. The Morgan fingerprint density at radius 2 is 2.62 bits per heavy atom. The molecule has 2 heterocycles. The molecular weight excluding hydrogens is 200 g/mol. The van der Waals surface area contributed by atoms with Crippen molar-refractivity contribution in [1.29, 1.82) is 0 Å². The first kappa shape index (κ1) is 9.49. The van der Waals surface area contributed by atoms with Gasteiger partial charge in [0, 0.05) is 23.4 Å². The molecule has 13 heavy (non-hydrogen) atoms. The predicted octanol–water partition coefficient (Wildman–Crippen LogP) is 2.38. The molecule has 0 radical (unpaired) electrons. The van der Waals surface area contributed by atoms with Crippen LogP contribution in [0, 0.1) is 0 Å². The van der Waals surface area contributed by atoms with Gasteiger partial charge in [-0.15, -0.1) is 11.3 Å². The van der Waals surface area contributed by atoms with Crippen molar-refractivity contribution < 1.29 is 0 Å². The van der Waals surface area contributed by atoms with Gasteiger partial charge in [-0.1, -0.05) is 18.2 Å². The molecule has 2 rings (SSSR count). The van der Waals surface area contributed by atoms with Gasteiger partial charge in [0.15, 0.2) is 0 Å². The quantitative estimate of drug-likeness (QED) is 0.782. The smallest absolute Gasteiger partial charge is 0.149 e. The molecule has 1 aromatic rings. The summed E-state index contributed by atoms with van der Waals surface area (Å²) in [6, 6.07) is 0.711. The van der Waals surface area contributed by atoms with Crippen molar-refractivity contribution in [1.82, 2.24) is 10.3 Å². The number of hydrogen-bond donors (Lipinski definition) is 1. The summed E-state index contributed by atoms with van der Waals surface area (Å²) in [5.74, 6) is 1.17. The first-order valence-corrected chi connectivity index (χ1v) is 6.57. The molecule has 1 saturated heterocycles. The van der Waals surface area contributed by atoms with Gasteiger partial charge in [0.2, 0.25) is 0 Å². The molecule has 0 spiro atoms. The maximum Gasteiger partial charge on any atom is 0.149 e. The number of rotatable bonds is 3. The molecule has 1 aromatic heterocycles. The van der Waals surface area contributed by atoms with E-state index >= 15 is 0 Å². The molecule has 0 aromatic carbocycles. The third kappa shape index (κ3) is 2.97. The van der Waals surface area contributed by atoms with Crippen LogP contribution in [0.15, 0.2) is 15.9 Å². The number of piperidine rings is 1. The summed E-state index contributed by atoms with van der Waals surface area (Å²) in [5, 5.41) is 5.58. The Balaban J connectivity index is 1.72. The van der Waals surface area contributed by atoms with Crippen molar-refractivity contribution in [3.05, 3.63) is 11.6 Å². The zero-order valence-corrected chi connectivity index (χ0v) is 9.16. The van der Waals surface area contributed by atoms with Crippen LogP contribution in [-0.4, -0.2) is 23.3 Å². The van der Waals surface area contributed by atoms with Gasteiger partial charge in [-0.05, 0) is 19.4 Å². The van der Waals surface area contributed by atoms with E-state index in [2.05, 4.69) is 10.3 Å². The monoisotopic (exact) mass is 214 g/mol. The highest BCUT2D eigenvalue weighted by Gasteiger charge is 2.12. The Morgan fingerprint density at radius 3 is 3.31 bits per heavy atom. The molecule has 0 unspecified atom stereocenters. The lowest BCUT2D eigenvalue weighted by Gasteiger charge is -2.22. The molecule has 1 N–H and O–H groups in total. The molecule has 2 nitrogen and oxygen atoms in total. The zero-order chi connectivity index (χ0) is 8.93. The average molecular weight is 214 g/mol. The fourth-order valence-corrected chi connectivity index (χ4v) is 3.29. The lowest BCUT2D eigenvalue weighted by molar-refractivity contribution is 0.430. The second kappa shape index (κ2) is 4.98. The van der Waals surface area contributed by atoms with Crippen LogP contribution in [0.5, 0.6) is 0 Å². The van der Waals surface area contributed by atoms with Gasteiger partial charge < -0.3 is 5.32 Å². The van der Waals surface area contributed by atoms with Crippen LogP contribution in [0.1, 0.15) is 19.3 Å². The van der Waals surface area contributed by atoms with Crippen molar-refractivity contribution in [2.75, 3.05) is 12.3 Å².